The highest BCUT2D eigenvalue weighted by atomic mass is 16.5. The Hall–Kier alpha value is -1.42. The van der Waals surface area contributed by atoms with Gasteiger partial charge in [-0.3, -0.25) is 0 Å². The number of hydrogen-bond acceptors (Lipinski definition) is 4. The fourth-order valence-electron chi connectivity index (χ4n) is 2.13. The Kier molecular flexibility index (Phi) is 3.97. The Morgan fingerprint density at radius 1 is 1.17 bits per heavy atom. The number of nitrogens with two attached hydrogens (primary N) is 1. The summed E-state index contributed by atoms with van der Waals surface area (Å²) in [5, 5.41) is 0. The van der Waals surface area contributed by atoms with Gasteiger partial charge in [-0.1, -0.05) is 6.07 Å². The molecule has 1 aromatic rings. The van der Waals surface area contributed by atoms with Crippen LogP contribution < -0.4 is 19.9 Å². The van der Waals surface area contributed by atoms with Crippen molar-refractivity contribution in [3.8, 4) is 17.2 Å². The molecule has 0 aliphatic heterocycles. The summed E-state index contributed by atoms with van der Waals surface area (Å²) < 4.78 is 16.5. The molecule has 100 valence electrons. The summed E-state index contributed by atoms with van der Waals surface area (Å²) in [5.74, 6) is 2.10. The summed E-state index contributed by atoms with van der Waals surface area (Å²) in [5.41, 5.74) is 5.91. The molecule has 1 aromatic carbocycles. The summed E-state index contributed by atoms with van der Waals surface area (Å²) in [6.07, 6.45) is 3.41. The molecular formula is C14H21NO3. The predicted octanol–water partition coefficient (Wildman–Crippen LogP) is 2.21. The van der Waals surface area contributed by atoms with E-state index in [0.29, 0.717) is 30.4 Å². The largest absolute Gasteiger partial charge is 0.493 e. The molecule has 2 rings (SSSR count). The second kappa shape index (κ2) is 5.48. The van der Waals surface area contributed by atoms with Crippen LogP contribution in [0.5, 0.6) is 17.2 Å². The average molecular weight is 251 g/mol. The number of para-hydroxylation sites is 1. The van der Waals surface area contributed by atoms with E-state index >= 15 is 0 Å². The van der Waals surface area contributed by atoms with Crippen LogP contribution in [-0.4, -0.2) is 27.4 Å². The molecule has 18 heavy (non-hydrogen) atoms. The normalized spacial score (nSPS) is 16.2. The molecule has 0 unspecified atom stereocenters. The molecule has 0 saturated heterocycles. The van der Waals surface area contributed by atoms with Crippen LogP contribution in [-0.2, 0) is 0 Å². The third kappa shape index (κ3) is 2.70. The zero-order valence-corrected chi connectivity index (χ0v) is 11.1. The van der Waals surface area contributed by atoms with E-state index in [-0.39, 0.29) is 5.41 Å². The highest BCUT2D eigenvalue weighted by Crippen LogP contribution is 2.49. The SMILES string of the molecule is COc1cccc(OC)c1OCC1(CCN)CC1. The van der Waals surface area contributed by atoms with Crippen LogP contribution in [0.25, 0.3) is 0 Å². The molecule has 1 fully saturated rings. The van der Waals surface area contributed by atoms with Crippen LogP contribution in [0.2, 0.25) is 0 Å². The number of benzene rings is 1. The molecule has 4 heteroatoms. The molecule has 0 heterocycles. The van der Waals surface area contributed by atoms with Crippen molar-refractivity contribution >= 4 is 0 Å². The van der Waals surface area contributed by atoms with Crippen molar-refractivity contribution in [2.24, 2.45) is 11.1 Å². The number of ether oxygens (including phenoxy) is 3. The Bertz CT molecular complexity index is 380. The van der Waals surface area contributed by atoms with E-state index in [0.717, 1.165) is 6.42 Å². The summed E-state index contributed by atoms with van der Waals surface area (Å²) in [7, 11) is 3.27. The summed E-state index contributed by atoms with van der Waals surface area (Å²) >= 11 is 0. The molecule has 1 saturated carbocycles. The third-order valence-electron chi connectivity index (χ3n) is 3.54. The summed E-state index contributed by atoms with van der Waals surface area (Å²) in [4.78, 5) is 0. The first-order valence-electron chi connectivity index (χ1n) is 6.28. The molecule has 0 bridgehead atoms. The van der Waals surface area contributed by atoms with Gasteiger partial charge in [-0.15, -0.1) is 0 Å². The van der Waals surface area contributed by atoms with Gasteiger partial charge in [0.05, 0.1) is 20.8 Å². The van der Waals surface area contributed by atoms with E-state index in [9.17, 15) is 0 Å². The number of methoxy groups -OCH3 is 2. The van der Waals surface area contributed by atoms with Gasteiger partial charge in [-0.25, -0.2) is 0 Å². The van der Waals surface area contributed by atoms with E-state index in [1.54, 1.807) is 14.2 Å². The Morgan fingerprint density at radius 3 is 2.22 bits per heavy atom. The smallest absolute Gasteiger partial charge is 0.203 e. The van der Waals surface area contributed by atoms with Crippen molar-refractivity contribution in [3.05, 3.63) is 18.2 Å². The van der Waals surface area contributed by atoms with Crippen molar-refractivity contribution in [2.75, 3.05) is 27.4 Å². The van der Waals surface area contributed by atoms with Crippen molar-refractivity contribution in [1.29, 1.82) is 0 Å². The van der Waals surface area contributed by atoms with Gasteiger partial charge in [-0.05, 0) is 37.9 Å². The molecule has 1 aliphatic rings. The van der Waals surface area contributed by atoms with Crippen LogP contribution in [0, 0.1) is 5.41 Å². The maximum Gasteiger partial charge on any atom is 0.203 e. The van der Waals surface area contributed by atoms with Crippen LogP contribution in [0.4, 0.5) is 0 Å². The van der Waals surface area contributed by atoms with Crippen LogP contribution >= 0.6 is 0 Å². The lowest BCUT2D eigenvalue weighted by Crippen LogP contribution is -2.17. The first-order valence-corrected chi connectivity index (χ1v) is 6.28. The van der Waals surface area contributed by atoms with E-state index in [2.05, 4.69) is 0 Å². The molecule has 2 N–H and O–H groups in total. The van der Waals surface area contributed by atoms with Gasteiger partial charge in [0.2, 0.25) is 5.75 Å². The van der Waals surface area contributed by atoms with Gasteiger partial charge in [-0.2, -0.15) is 0 Å². The monoisotopic (exact) mass is 251 g/mol. The fraction of sp³-hybridized carbons (Fsp3) is 0.571. The van der Waals surface area contributed by atoms with Crippen molar-refractivity contribution in [1.82, 2.24) is 0 Å². The highest BCUT2D eigenvalue weighted by molar-refractivity contribution is 5.51. The van der Waals surface area contributed by atoms with Crippen LogP contribution in [0.3, 0.4) is 0 Å². The van der Waals surface area contributed by atoms with Gasteiger partial charge in [0, 0.05) is 5.41 Å². The maximum atomic E-state index is 5.92. The second-order valence-corrected chi connectivity index (χ2v) is 4.82. The van der Waals surface area contributed by atoms with Crippen molar-refractivity contribution in [2.45, 2.75) is 19.3 Å². The molecule has 0 amide bonds. The average Bonchev–Trinajstić information content (AvgIpc) is 3.16. The number of rotatable bonds is 7. The minimum Gasteiger partial charge on any atom is -0.493 e. The van der Waals surface area contributed by atoms with E-state index < -0.39 is 0 Å². The van der Waals surface area contributed by atoms with Gasteiger partial charge < -0.3 is 19.9 Å². The topological polar surface area (TPSA) is 53.7 Å². The van der Waals surface area contributed by atoms with Crippen LogP contribution in [0.15, 0.2) is 18.2 Å². The lowest BCUT2D eigenvalue weighted by molar-refractivity contribution is 0.209. The fourth-order valence-corrected chi connectivity index (χ4v) is 2.13. The van der Waals surface area contributed by atoms with E-state index in [4.69, 9.17) is 19.9 Å². The van der Waals surface area contributed by atoms with Gasteiger partial charge in [0.15, 0.2) is 11.5 Å². The molecule has 0 spiro atoms. The zero-order valence-electron chi connectivity index (χ0n) is 11.1. The standard InChI is InChI=1S/C14H21NO3/c1-16-11-4-3-5-12(17-2)13(11)18-10-14(6-7-14)8-9-15/h3-5H,6-10,15H2,1-2H3. The first kappa shape index (κ1) is 13.0. The summed E-state index contributed by atoms with van der Waals surface area (Å²) in [6, 6.07) is 5.64. The van der Waals surface area contributed by atoms with Crippen molar-refractivity contribution < 1.29 is 14.2 Å². The van der Waals surface area contributed by atoms with Gasteiger partial charge >= 0.3 is 0 Å². The Labute approximate surface area is 108 Å². The molecule has 4 nitrogen and oxygen atoms in total. The molecular weight excluding hydrogens is 230 g/mol. The van der Waals surface area contributed by atoms with E-state index in [1.165, 1.54) is 12.8 Å². The van der Waals surface area contributed by atoms with Crippen LogP contribution in [0.1, 0.15) is 19.3 Å². The second-order valence-electron chi connectivity index (χ2n) is 4.82. The Morgan fingerprint density at radius 2 is 1.78 bits per heavy atom. The highest BCUT2D eigenvalue weighted by Gasteiger charge is 2.42. The molecule has 1 aliphatic carbocycles. The Balaban J connectivity index is 2.08. The van der Waals surface area contributed by atoms with Gasteiger partial charge in [0.25, 0.3) is 0 Å². The molecule has 0 atom stereocenters. The predicted molar refractivity (Wildman–Crippen MR) is 70.4 cm³/mol. The first-order chi connectivity index (χ1) is 8.74. The van der Waals surface area contributed by atoms with Crippen molar-refractivity contribution in [3.63, 3.8) is 0 Å². The lowest BCUT2D eigenvalue weighted by Gasteiger charge is -2.18. The quantitative estimate of drug-likeness (QED) is 0.807. The minimum atomic E-state index is 0.278. The lowest BCUT2D eigenvalue weighted by atomic mass is 10.0. The van der Waals surface area contributed by atoms with Gasteiger partial charge in [0.1, 0.15) is 0 Å². The summed E-state index contributed by atoms with van der Waals surface area (Å²) in [6.45, 7) is 1.40. The zero-order chi connectivity index (χ0) is 13.0. The molecule has 0 aromatic heterocycles. The molecule has 0 radical (unpaired) electrons. The third-order valence-corrected chi connectivity index (χ3v) is 3.54. The van der Waals surface area contributed by atoms with E-state index in [1.807, 2.05) is 18.2 Å². The maximum absolute atomic E-state index is 5.92. The number of hydrogen-bond donors (Lipinski definition) is 1. The minimum absolute atomic E-state index is 0.278.